The van der Waals surface area contributed by atoms with Gasteiger partial charge in [-0.15, -0.1) is 53.6 Å². The molecule has 9 aromatic rings. The van der Waals surface area contributed by atoms with Gasteiger partial charge < -0.3 is 19.1 Å². The molecule has 7 aromatic carbocycles. The first-order valence-electron chi connectivity index (χ1n) is 26.8. The molecule has 3 heterocycles. The van der Waals surface area contributed by atoms with E-state index in [1.807, 2.05) is 6.20 Å². The molecular formula is C70H75N4OPt-3. The Morgan fingerprint density at radius 2 is 0.987 bits per heavy atom. The zero-order valence-electron chi connectivity index (χ0n) is 47.6. The number of nitrogens with zero attached hydrogens (tertiary/aromatic N) is 4. The summed E-state index contributed by atoms with van der Waals surface area (Å²) in [5.41, 5.74) is 15.2. The summed E-state index contributed by atoms with van der Waals surface area (Å²) >= 11 is 0. The molecule has 0 radical (unpaired) electrons. The van der Waals surface area contributed by atoms with Gasteiger partial charge in [0.05, 0.1) is 0 Å². The molecule has 5 nitrogen and oxygen atoms in total. The van der Waals surface area contributed by atoms with Gasteiger partial charge in [-0.2, -0.15) is 6.07 Å². The van der Waals surface area contributed by atoms with Crippen LogP contribution in [-0.4, -0.2) is 9.55 Å². The van der Waals surface area contributed by atoms with E-state index in [9.17, 15) is 0 Å². The zero-order chi connectivity index (χ0) is 53.6. The maximum Gasteiger partial charge on any atom is 0.135 e. The Kier molecular flexibility index (Phi) is 14.0. The molecule has 10 rings (SSSR count). The van der Waals surface area contributed by atoms with Crippen LogP contribution in [0, 0.1) is 18.8 Å². The molecule has 0 spiro atoms. The summed E-state index contributed by atoms with van der Waals surface area (Å²) in [6.45, 7) is 38.9. The fraction of sp³-hybridized carbons (Fsp3) is 0.314. The van der Waals surface area contributed by atoms with E-state index in [1.54, 1.807) is 0 Å². The molecule has 0 bridgehead atoms. The monoisotopic (exact) mass is 1180 g/mol. The molecule has 0 amide bonds. The molecular weight excluding hydrogens is 1110 g/mol. The van der Waals surface area contributed by atoms with Crippen LogP contribution in [0.2, 0.25) is 0 Å². The van der Waals surface area contributed by atoms with Crippen molar-refractivity contribution in [2.24, 2.45) is 0 Å². The Hall–Kier alpha value is -6.42. The predicted octanol–water partition coefficient (Wildman–Crippen LogP) is 18.8. The van der Waals surface area contributed by atoms with Gasteiger partial charge in [0.15, 0.2) is 0 Å². The standard InChI is InChI=1S/C70H75N4O.Pt/c1-65(2,3)48-27-32-61-63(41-48)73(45-72(61)54-36-51(67(7,8)9)35-52(37-54)68(10,11)12)55-38-53(70(15,16)47-25-21-18-22-26-47)39-57(43-55)75-56-29-30-58-59-40-50(69(13,14)46-23-19-17-20-24-46)28-31-60(59)74(62(58)44-56)64-42-49(33-34-71-64)66(4,5)6;/h17-42,45H,1-16H3;/q-3;. The van der Waals surface area contributed by atoms with Gasteiger partial charge in [0, 0.05) is 66.8 Å². The maximum absolute atomic E-state index is 7.14. The third-order valence-corrected chi connectivity index (χ3v) is 15.8. The van der Waals surface area contributed by atoms with Crippen molar-refractivity contribution >= 4 is 44.6 Å². The quantitative estimate of drug-likeness (QED) is 0.135. The van der Waals surface area contributed by atoms with E-state index < -0.39 is 5.41 Å². The average molecular weight is 1180 g/mol. The predicted molar refractivity (Wildman–Crippen MR) is 316 cm³/mol. The Morgan fingerprint density at radius 1 is 0.421 bits per heavy atom. The van der Waals surface area contributed by atoms with Gasteiger partial charge in [0.2, 0.25) is 0 Å². The van der Waals surface area contributed by atoms with Crippen LogP contribution in [0.5, 0.6) is 11.5 Å². The number of pyridine rings is 1. The number of hydrogen-bond acceptors (Lipinski definition) is 4. The summed E-state index contributed by atoms with van der Waals surface area (Å²) < 4.78 is 9.40. The van der Waals surface area contributed by atoms with Gasteiger partial charge in [0.25, 0.3) is 0 Å². The van der Waals surface area contributed by atoms with E-state index in [-0.39, 0.29) is 48.1 Å². The second-order valence-electron chi connectivity index (χ2n) is 26.1. The minimum Gasteiger partial charge on any atom is -0.509 e. The number of fused-ring (bicyclic) bond motifs is 4. The third-order valence-electron chi connectivity index (χ3n) is 15.8. The van der Waals surface area contributed by atoms with Crippen molar-refractivity contribution in [1.82, 2.24) is 9.55 Å². The van der Waals surface area contributed by atoms with E-state index in [0.717, 1.165) is 55.9 Å². The van der Waals surface area contributed by atoms with Crippen molar-refractivity contribution in [2.45, 2.75) is 143 Å². The van der Waals surface area contributed by atoms with Crippen LogP contribution >= 0.6 is 0 Å². The van der Waals surface area contributed by atoms with Crippen LogP contribution in [0.25, 0.3) is 27.6 Å². The van der Waals surface area contributed by atoms with Crippen molar-refractivity contribution in [1.29, 1.82) is 0 Å². The normalized spacial score (nSPS) is 13.6. The van der Waals surface area contributed by atoms with Gasteiger partial charge in [0.1, 0.15) is 5.82 Å². The van der Waals surface area contributed by atoms with Crippen molar-refractivity contribution < 1.29 is 25.8 Å². The second kappa shape index (κ2) is 19.5. The molecule has 76 heavy (non-hydrogen) atoms. The van der Waals surface area contributed by atoms with E-state index >= 15 is 0 Å². The van der Waals surface area contributed by atoms with Crippen molar-refractivity contribution in [3.05, 3.63) is 221 Å². The molecule has 0 unspecified atom stereocenters. The Morgan fingerprint density at radius 3 is 1.58 bits per heavy atom. The number of ether oxygens (including phenoxy) is 1. The fourth-order valence-electron chi connectivity index (χ4n) is 10.5. The molecule has 1 aliphatic rings. The van der Waals surface area contributed by atoms with Crippen LogP contribution in [0.15, 0.2) is 158 Å². The molecule has 394 valence electrons. The molecule has 0 saturated heterocycles. The molecule has 0 saturated carbocycles. The van der Waals surface area contributed by atoms with Crippen molar-refractivity contribution in [3.63, 3.8) is 0 Å². The molecule has 0 aliphatic carbocycles. The summed E-state index contributed by atoms with van der Waals surface area (Å²) in [7, 11) is 0. The maximum atomic E-state index is 7.14. The Bertz CT molecular complexity index is 3560. The fourth-order valence-corrected chi connectivity index (χ4v) is 10.5. The number of hydrogen-bond donors (Lipinski definition) is 0. The van der Waals surface area contributed by atoms with Gasteiger partial charge in [-0.1, -0.05) is 201 Å². The van der Waals surface area contributed by atoms with Crippen LogP contribution < -0.4 is 14.5 Å². The first kappa shape index (κ1) is 54.4. The minimum atomic E-state index is -0.392. The molecule has 1 aliphatic heterocycles. The third kappa shape index (κ3) is 10.3. The summed E-state index contributed by atoms with van der Waals surface area (Å²) in [6, 6.07) is 63.2. The van der Waals surface area contributed by atoms with E-state index in [4.69, 9.17) is 9.72 Å². The van der Waals surface area contributed by atoms with Gasteiger partial charge in [-0.3, -0.25) is 0 Å². The first-order valence-corrected chi connectivity index (χ1v) is 26.8. The number of rotatable bonds is 9. The van der Waals surface area contributed by atoms with Gasteiger partial charge in [-0.25, -0.2) is 4.98 Å². The Labute approximate surface area is 468 Å². The largest absolute Gasteiger partial charge is 0.509 e. The van der Waals surface area contributed by atoms with Gasteiger partial charge in [-0.05, 0) is 114 Å². The molecule has 0 fully saturated rings. The molecule has 6 heteroatoms. The zero-order valence-corrected chi connectivity index (χ0v) is 49.9. The van der Waals surface area contributed by atoms with Gasteiger partial charge >= 0.3 is 0 Å². The molecule has 0 atom stereocenters. The topological polar surface area (TPSA) is 33.5 Å². The summed E-state index contributed by atoms with van der Waals surface area (Å²) in [4.78, 5) is 9.72. The van der Waals surface area contributed by atoms with E-state index in [1.165, 1.54) is 38.9 Å². The minimum absolute atomic E-state index is 0. The van der Waals surface area contributed by atoms with Crippen LogP contribution in [0.3, 0.4) is 0 Å². The first-order chi connectivity index (χ1) is 35.2. The SMILES string of the molecule is CC(C)(C)c1cc(N2[CH-]N(c3[c-]c(Oc4[c-]c5c(cc4)c4cc(C(C)(C)c6ccccc6)ccc4n5-c4cc(C(C)(C)C)ccn4)cc(C(C)(C)c4ccccc4)c3)c3cc(C(C)(C)C)ccc32)cc(C(C)(C)C)c1.[Pt]. The number of aromatic nitrogens is 2. The van der Waals surface area contributed by atoms with E-state index in [0.29, 0.717) is 11.5 Å². The van der Waals surface area contributed by atoms with Crippen molar-refractivity contribution in [2.75, 3.05) is 9.80 Å². The Balaban J connectivity index is 0.00000706. The summed E-state index contributed by atoms with van der Waals surface area (Å²) in [6.07, 6.45) is 1.93. The summed E-state index contributed by atoms with van der Waals surface area (Å²) in [5, 5.41) is 2.22. The van der Waals surface area contributed by atoms with Crippen molar-refractivity contribution in [3.8, 4) is 17.3 Å². The van der Waals surface area contributed by atoms with E-state index in [2.05, 4.69) is 296 Å². The van der Waals surface area contributed by atoms with Crippen LogP contribution in [-0.2, 0) is 53.6 Å². The summed E-state index contributed by atoms with van der Waals surface area (Å²) in [5.74, 6) is 2.04. The number of anilines is 4. The number of benzene rings is 7. The van der Waals surface area contributed by atoms with Crippen LogP contribution in [0.1, 0.15) is 155 Å². The average Bonchev–Trinajstić information content (AvgIpc) is 3.92. The second-order valence-corrected chi connectivity index (χ2v) is 26.1. The smallest absolute Gasteiger partial charge is 0.135 e. The van der Waals surface area contributed by atoms with Crippen LogP contribution in [0.4, 0.5) is 22.7 Å². The molecule has 0 N–H and O–H groups in total. The molecule has 2 aromatic heterocycles.